The minimum atomic E-state index is -0.364. The lowest BCUT2D eigenvalue weighted by Crippen LogP contribution is -2.26. The van der Waals surface area contributed by atoms with Gasteiger partial charge in [0.15, 0.2) is 0 Å². The first-order chi connectivity index (χ1) is 12.5. The zero-order valence-electron chi connectivity index (χ0n) is 14.8. The van der Waals surface area contributed by atoms with E-state index in [4.69, 9.17) is 16.3 Å². The van der Waals surface area contributed by atoms with Gasteiger partial charge in [-0.25, -0.2) is 4.79 Å². The van der Waals surface area contributed by atoms with E-state index in [1.807, 2.05) is 19.2 Å². The molecular formula is C19H21ClN2O3S. The molecule has 1 aliphatic rings. The predicted octanol–water partition coefficient (Wildman–Crippen LogP) is 3.75. The number of benzene rings is 1. The number of hydrogen-bond acceptors (Lipinski definition) is 5. The van der Waals surface area contributed by atoms with Crippen molar-refractivity contribution in [3.8, 4) is 0 Å². The summed E-state index contributed by atoms with van der Waals surface area (Å²) in [7, 11) is 2.05. The predicted molar refractivity (Wildman–Crippen MR) is 104 cm³/mol. The average molecular weight is 393 g/mol. The zero-order valence-corrected chi connectivity index (χ0v) is 16.4. The number of likely N-dealkylation sites (N-methyl/N-ethyl adjacent to an activating group) is 1. The molecule has 0 radical (unpaired) electrons. The molecule has 1 amide bonds. The quantitative estimate of drug-likeness (QED) is 0.787. The van der Waals surface area contributed by atoms with Crippen LogP contribution in [0.4, 0.5) is 5.00 Å². The number of halogens is 1. The molecule has 0 fully saturated rings. The SMILES string of the molecule is CCOC(=O)c1c(NC(=O)Cc2ccc(Cl)cc2)sc2c1CCN(C)C2. The van der Waals surface area contributed by atoms with E-state index >= 15 is 0 Å². The summed E-state index contributed by atoms with van der Waals surface area (Å²) < 4.78 is 5.22. The monoisotopic (exact) mass is 392 g/mol. The van der Waals surface area contributed by atoms with Gasteiger partial charge in [0, 0.05) is 23.0 Å². The van der Waals surface area contributed by atoms with Crippen molar-refractivity contribution in [3.05, 3.63) is 50.9 Å². The minimum absolute atomic E-state index is 0.162. The largest absolute Gasteiger partial charge is 0.462 e. The highest BCUT2D eigenvalue weighted by Gasteiger charge is 2.28. The topological polar surface area (TPSA) is 58.6 Å². The molecule has 2 heterocycles. The van der Waals surface area contributed by atoms with Gasteiger partial charge in [-0.1, -0.05) is 23.7 Å². The van der Waals surface area contributed by atoms with Crippen molar-refractivity contribution >= 4 is 39.8 Å². The Morgan fingerprint density at radius 3 is 2.73 bits per heavy atom. The number of esters is 1. The van der Waals surface area contributed by atoms with Crippen LogP contribution < -0.4 is 5.32 Å². The van der Waals surface area contributed by atoms with Crippen molar-refractivity contribution in [2.45, 2.75) is 26.3 Å². The second-order valence-electron chi connectivity index (χ2n) is 6.27. The Balaban J connectivity index is 1.82. The van der Waals surface area contributed by atoms with E-state index in [1.165, 1.54) is 11.3 Å². The van der Waals surface area contributed by atoms with Gasteiger partial charge in [-0.2, -0.15) is 0 Å². The number of carbonyl (C=O) groups is 2. The average Bonchev–Trinajstić information content (AvgIpc) is 2.93. The van der Waals surface area contributed by atoms with Crippen LogP contribution in [0.25, 0.3) is 0 Å². The lowest BCUT2D eigenvalue weighted by atomic mass is 10.0. The number of hydrogen-bond donors (Lipinski definition) is 1. The number of nitrogens with zero attached hydrogens (tertiary/aromatic N) is 1. The summed E-state index contributed by atoms with van der Waals surface area (Å²) >= 11 is 7.34. The number of ether oxygens (including phenoxy) is 1. The van der Waals surface area contributed by atoms with Crippen LogP contribution in [-0.4, -0.2) is 37.0 Å². The van der Waals surface area contributed by atoms with Crippen molar-refractivity contribution in [3.63, 3.8) is 0 Å². The molecule has 0 atom stereocenters. The van der Waals surface area contributed by atoms with E-state index in [-0.39, 0.29) is 18.3 Å². The van der Waals surface area contributed by atoms with E-state index in [0.29, 0.717) is 22.2 Å². The highest BCUT2D eigenvalue weighted by molar-refractivity contribution is 7.17. The number of nitrogens with one attached hydrogen (secondary N) is 1. The fourth-order valence-electron chi connectivity index (χ4n) is 3.00. The van der Waals surface area contributed by atoms with Gasteiger partial charge in [0.1, 0.15) is 5.00 Å². The molecule has 0 aliphatic carbocycles. The normalized spacial score (nSPS) is 14.0. The molecule has 2 aromatic rings. The maximum Gasteiger partial charge on any atom is 0.341 e. The molecule has 3 rings (SSSR count). The molecule has 0 saturated carbocycles. The Labute approximate surface area is 161 Å². The van der Waals surface area contributed by atoms with Gasteiger partial charge in [-0.15, -0.1) is 11.3 Å². The van der Waals surface area contributed by atoms with E-state index in [2.05, 4.69) is 10.2 Å². The van der Waals surface area contributed by atoms with Crippen LogP contribution in [0.3, 0.4) is 0 Å². The van der Waals surface area contributed by atoms with Gasteiger partial charge < -0.3 is 15.0 Å². The van der Waals surface area contributed by atoms with Gasteiger partial charge >= 0.3 is 5.97 Å². The number of carbonyl (C=O) groups excluding carboxylic acids is 2. The van der Waals surface area contributed by atoms with Crippen molar-refractivity contribution in [2.75, 3.05) is 25.5 Å². The van der Waals surface area contributed by atoms with Crippen LogP contribution in [0, 0.1) is 0 Å². The number of thiophene rings is 1. The maximum atomic E-state index is 12.5. The molecule has 7 heteroatoms. The third-order valence-electron chi connectivity index (χ3n) is 4.26. The van der Waals surface area contributed by atoms with Crippen LogP contribution in [-0.2, 0) is 28.9 Å². The van der Waals surface area contributed by atoms with E-state index in [9.17, 15) is 9.59 Å². The summed E-state index contributed by atoms with van der Waals surface area (Å²) in [5, 5.41) is 4.13. The van der Waals surface area contributed by atoms with Crippen molar-refractivity contribution in [1.82, 2.24) is 4.90 Å². The van der Waals surface area contributed by atoms with Crippen molar-refractivity contribution in [2.24, 2.45) is 0 Å². The second-order valence-corrected chi connectivity index (χ2v) is 7.81. The lowest BCUT2D eigenvalue weighted by Gasteiger charge is -2.22. The zero-order chi connectivity index (χ0) is 18.7. The Hall–Kier alpha value is -1.89. The molecule has 0 bridgehead atoms. The van der Waals surface area contributed by atoms with Crippen LogP contribution in [0.15, 0.2) is 24.3 Å². The summed E-state index contributed by atoms with van der Waals surface area (Å²) in [6.07, 6.45) is 1.01. The summed E-state index contributed by atoms with van der Waals surface area (Å²) in [5.74, 6) is -0.527. The molecule has 138 valence electrons. The first-order valence-electron chi connectivity index (χ1n) is 8.52. The standard InChI is InChI=1S/C19H21ClN2O3S/c1-3-25-19(24)17-14-8-9-22(2)11-15(14)26-18(17)21-16(23)10-12-4-6-13(20)7-5-12/h4-7H,3,8-11H2,1-2H3,(H,21,23). The Kier molecular flexibility index (Phi) is 5.96. The number of rotatable bonds is 5. The summed E-state index contributed by atoms with van der Waals surface area (Å²) in [5.41, 5.74) is 2.39. The van der Waals surface area contributed by atoms with Crippen LogP contribution in [0.2, 0.25) is 5.02 Å². The molecule has 5 nitrogen and oxygen atoms in total. The van der Waals surface area contributed by atoms with Crippen LogP contribution in [0.5, 0.6) is 0 Å². The summed E-state index contributed by atoms with van der Waals surface area (Å²) in [6.45, 7) is 3.75. The lowest BCUT2D eigenvalue weighted by molar-refractivity contribution is -0.115. The molecule has 0 unspecified atom stereocenters. The molecule has 0 saturated heterocycles. The molecule has 1 aliphatic heterocycles. The van der Waals surface area contributed by atoms with Crippen molar-refractivity contribution in [1.29, 1.82) is 0 Å². The minimum Gasteiger partial charge on any atom is -0.462 e. The molecule has 1 aromatic heterocycles. The van der Waals surface area contributed by atoms with Crippen LogP contribution in [0.1, 0.15) is 33.3 Å². The van der Waals surface area contributed by atoms with Gasteiger partial charge in [0.25, 0.3) is 0 Å². The molecule has 1 N–H and O–H groups in total. The van der Waals surface area contributed by atoms with E-state index < -0.39 is 0 Å². The second kappa shape index (κ2) is 8.20. The number of amides is 1. The number of anilines is 1. The fraction of sp³-hybridized carbons (Fsp3) is 0.368. The Bertz CT molecular complexity index is 817. The van der Waals surface area contributed by atoms with Crippen molar-refractivity contribution < 1.29 is 14.3 Å². The number of fused-ring (bicyclic) bond motifs is 1. The van der Waals surface area contributed by atoms with Gasteiger partial charge in [-0.3, -0.25) is 4.79 Å². The van der Waals surface area contributed by atoms with Gasteiger partial charge in [0.2, 0.25) is 5.91 Å². The third kappa shape index (κ3) is 4.26. The summed E-state index contributed by atoms with van der Waals surface area (Å²) in [4.78, 5) is 28.3. The molecule has 0 spiro atoms. The molecule has 26 heavy (non-hydrogen) atoms. The molecule has 1 aromatic carbocycles. The fourth-order valence-corrected chi connectivity index (χ4v) is 4.46. The Morgan fingerprint density at radius 2 is 2.04 bits per heavy atom. The van der Waals surface area contributed by atoms with E-state index in [1.54, 1.807) is 19.1 Å². The molecular weight excluding hydrogens is 372 g/mol. The smallest absolute Gasteiger partial charge is 0.341 e. The Morgan fingerprint density at radius 1 is 1.31 bits per heavy atom. The van der Waals surface area contributed by atoms with Crippen LogP contribution >= 0.6 is 22.9 Å². The van der Waals surface area contributed by atoms with Gasteiger partial charge in [-0.05, 0) is 43.7 Å². The van der Waals surface area contributed by atoms with E-state index in [0.717, 1.165) is 35.5 Å². The highest BCUT2D eigenvalue weighted by Crippen LogP contribution is 2.37. The first-order valence-corrected chi connectivity index (χ1v) is 9.72. The van der Waals surface area contributed by atoms with Gasteiger partial charge in [0.05, 0.1) is 18.6 Å². The first kappa shape index (κ1) is 18.9. The maximum absolute atomic E-state index is 12.5. The third-order valence-corrected chi connectivity index (χ3v) is 5.64. The highest BCUT2D eigenvalue weighted by atomic mass is 35.5. The summed E-state index contributed by atoms with van der Waals surface area (Å²) in [6, 6.07) is 7.16.